The summed E-state index contributed by atoms with van der Waals surface area (Å²) in [6, 6.07) is 6.54. The van der Waals surface area contributed by atoms with Crippen molar-refractivity contribution in [3.05, 3.63) is 41.5 Å². The van der Waals surface area contributed by atoms with Crippen LogP contribution in [-0.4, -0.2) is 81.3 Å². The molecule has 2 heterocycles. The molecule has 0 unspecified atom stereocenters. The summed E-state index contributed by atoms with van der Waals surface area (Å²) in [6.07, 6.45) is -0.461. The number of sulfonamides is 2. The average Bonchev–Trinajstić information content (AvgIpc) is 3.29. The first-order valence-corrected chi connectivity index (χ1v) is 14.7. The molecule has 2 aromatic rings. The number of likely N-dealkylation sites (N-methyl/N-ethyl adjacent to an activating group) is 1. The molecule has 0 bridgehead atoms. The van der Waals surface area contributed by atoms with Crippen LogP contribution in [0.1, 0.15) is 30.5 Å². The van der Waals surface area contributed by atoms with Crippen LogP contribution in [-0.2, 0) is 36.2 Å². The van der Waals surface area contributed by atoms with Gasteiger partial charge in [-0.05, 0) is 25.5 Å². The molecule has 3 rings (SSSR count). The number of primary sulfonamides is 1. The predicted molar refractivity (Wildman–Crippen MR) is 129 cm³/mol. The van der Waals surface area contributed by atoms with Gasteiger partial charge in [0, 0.05) is 44.5 Å². The van der Waals surface area contributed by atoms with Crippen LogP contribution in [0.2, 0.25) is 0 Å². The highest BCUT2D eigenvalue weighted by molar-refractivity contribution is 7.94. The molecule has 4 N–H and O–H groups in total. The largest absolute Gasteiger partial charge is 0.415 e. The van der Waals surface area contributed by atoms with Gasteiger partial charge in [-0.3, -0.25) is 15.3 Å². The number of ether oxygens (including phenoxy) is 2. The Morgan fingerprint density at radius 2 is 2.00 bits per heavy atom. The number of thiophene rings is 1. The van der Waals surface area contributed by atoms with E-state index in [4.69, 9.17) is 25.0 Å². The van der Waals surface area contributed by atoms with E-state index in [0.29, 0.717) is 29.9 Å². The van der Waals surface area contributed by atoms with E-state index in [1.54, 1.807) is 25.1 Å². The molecule has 1 atom stereocenters. The number of benzene rings is 1. The molecule has 0 aliphatic carbocycles. The minimum Gasteiger partial charge on any atom is -0.410 e. The van der Waals surface area contributed by atoms with Gasteiger partial charge in [-0.2, -0.15) is 4.31 Å². The van der Waals surface area contributed by atoms with E-state index in [9.17, 15) is 21.6 Å². The minimum atomic E-state index is -4.21. The zero-order chi connectivity index (χ0) is 27.4. The van der Waals surface area contributed by atoms with Gasteiger partial charge in [0.05, 0.1) is 11.4 Å². The molecular weight excluding hydrogens is 552 g/mol. The Balaban J connectivity index is 1.98. The highest BCUT2D eigenvalue weighted by atomic mass is 32.3. The topological polar surface area (TPSA) is 189 Å². The second kappa shape index (κ2) is 12.1. The molecule has 0 radical (unpaired) electrons. The highest BCUT2D eigenvalue weighted by Crippen LogP contribution is 2.42. The SMILES string of the molecule is CCN(C(=O)Oc1ccccc1CON(O)O)[C@H]1CN(CCCOC)S(=O)(=O)c2sc(S(N)(=O)=O)cc21. The molecule has 1 aromatic heterocycles. The first kappa shape index (κ1) is 29.4. The lowest BCUT2D eigenvalue weighted by atomic mass is 10.1. The third-order valence-electron chi connectivity index (χ3n) is 5.51. The highest BCUT2D eigenvalue weighted by Gasteiger charge is 2.43. The molecular formula is C20H28N4O10S3. The smallest absolute Gasteiger partial charge is 0.410 e. The van der Waals surface area contributed by atoms with E-state index in [2.05, 4.69) is 4.84 Å². The van der Waals surface area contributed by atoms with Crippen LogP contribution in [0.4, 0.5) is 4.79 Å². The monoisotopic (exact) mass is 580 g/mol. The summed E-state index contributed by atoms with van der Waals surface area (Å²) in [5.41, 5.74) is 0.448. The van der Waals surface area contributed by atoms with Gasteiger partial charge in [0.1, 0.15) is 20.8 Å². The van der Waals surface area contributed by atoms with Crippen LogP contribution in [0.15, 0.2) is 38.8 Å². The number of para-hydroxylation sites is 1. The second-order valence-electron chi connectivity index (χ2n) is 7.87. The predicted octanol–water partition coefficient (Wildman–Crippen LogP) is 1.51. The first-order chi connectivity index (χ1) is 17.4. The van der Waals surface area contributed by atoms with Crippen molar-refractivity contribution in [2.75, 3.05) is 33.4 Å². The summed E-state index contributed by atoms with van der Waals surface area (Å²) >= 11 is 0.530. The van der Waals surface area contributed by atoms with Crippen LogP contribution in [0, 0.1) is 0 Å². The van der Waals surface area contributed by atoms with Crippen molar-refractivity contribution >= 4 is 37.5 Å². The Labute approximate surface area is 218 Å². The number of nitrogens with two attached hydrogens (primary N) is 1. The summed E-state index contributed by atoms with van der Waals surface area (Å²) in [4.78, 5) is 19.2. The maximum atomic E-state index is 13.3. The number of fused-ring (bicyclic) bond motifs is 1. The molecule has 1 aliphatic heterocycles. The fourth-order valence-corrected chi connectivity index (χ4v) is 8.08. The van der Waals surface area contributed by atoms with Crippen LogP contribution in [0.25, 0.3) is 0 Å². The zero-order valence-electron chi connectivity index (χ0n) is 20.0. The maximum Gasteiger partial charge on any atom is 0.415 e. The molecule has 37 heavy (non-hydrogen) atoms. The molecule has 1 amide bonds. The first-order valence-electron chi connectivity index (χ1n) is 10.9. The molecule has 0 fully saturated rings. The van der Waals surface area contributed by atoms with Crippen molar-refractivity contribution in [3.8, 4) is 5.75 Å². The second-order valence-corrected chi connectivity index (χ2v) is 12.8. The standard InChI is InChI=1S/C20H28N4O10S3/c1-3-23(20(25)34-17-8-5-4-7-14(17)13-33-24(26)27)16-12-22(9-6-10-32-2)37(30,31)19-15(16)11-18(35-19)36(21,28)29/h4-5,7-8,11,16,26-27H,3,6,9-10,12-13H2,1-2H3,(H2,21,28,29)/t16-/m0/s1. The van der Waals surface area contributed by atoms with E-state index < -0.39 is 37.6 Å². The van der Waals surface area contributed by atoms with E-state index in [1.807, 2.05) is 0 Å². The number of methoxy groups -OCH3 is 1. The Hall–Kier alpha value is -2.19. The van der Waals surface area contributed by atoms with Crippen molar-refractivity contribution in [3.63, 3.8) is 0 Å². The lowest BCUT2D eigenvalue weighted by Crippen LogP contribution is -2.48. The summed E-state index contributed by atoms with van der Waals surface area (Å²) in [6.45, 7) is 1.67. The van der Waals surface area contributed by atoms with Crippen molar-refractivity contribution in [2.45, 2.75) is 34.4 Å². The van der Waals surface area contributed by atoms with Crippen LogP contribution in [0.3, 0.4) is 0 Å². The van der Waals surface area contributed by atoms with Gasteiger partial charge in [-0.25, -0.2) is 31.6 Å². The zero-order valence-corrected chi connectivity index (χ0v) is 22.5. The Bertz CT molecular complexity index is 1310. The van der Waals surface area contributed by atoms with Gasteiger partial charge in [0.25, 0.3) is 10.0 Å². The van der Waals surface area contributed by atoms with Gasteiger partial charge in [0.2, 0.25) is 10.0 Å². The lowest BCUT2D eigenvalue weighted by Gasteiger charge is -2.37. The minimum absolute atomic E-state index is 0.0731. The molecule has 0 saturated carbocycles. The van der Waals surface area contributed by atoms with Crippen LogP contribution in [0.5, 0.6) is 5.75 Å². The molecule has 1 aliphatic rings. The van der Waals surface area contributed by atoms with Crippen LogP contribution < -0.4 is 9.88 Å². The summed E-state index contributed by atoms with van der Waals surface area (Å²) in [5, 5.41) is 22.4. The number of hydrogen-bond donors (Lipinski definition) is 3. The Morgan fingerprint density at radius 1 is 1.30 bits per heavy atom. The molecule has 14 nitrogen and oxygen atoms in total. The number of carbonyl (C=O) groups is 1. The fraction of sp³-hybridized carbons (Fsp3) is 0.450. The molecule has 1 aromatic carbocycles. The lowest BCUT2D eigenvalue weighted by molar-refractivity contribution is -0.497. The number of nitrogens with zero attached hydrogens (tertiary/aromatic N) is 3. The molecule has 0 spiro atoms. The quantitative estimate of drug-likeness (QED) is 0.258. The average molecular weight is 581 g/mol. The molecule has 206 valence electrons. The van der Waals surface area contributed by atoms with Crippen LogP contribution >= 0.6 is 11.3 Å². The van der Waals surface area contributed by atoms with Crippen molar-refractivity contribution in [2.24, 2.45) is 5.14 Å². The van der Waals surface area contributed by atoms with Gasteiger partial charge in [-0.1, -0.05) is 18.2 Å². The van der Waals surface area contributed by atoms with Gasteiger partial charge in [-0.15, -0.1) is 11.3 Å². The number of amides is 1. The maximum absolute atomic E-state index is 13.3. The van der Waals surface area contributed by atoms with Gasteiger partial charge < -0.3 is 9.47 Å². The third-order valence-corrected chi connectivity index (χ3v) is 10.5. The van der Waals surface area contributed by atoms with Crippen molar-refractivity contribution in [1.82, 2.24) is 14.6 Å². The number of carbonyl (C=O) groups excluding carboxylic acids is 1. The van der Waals surface area contributed by atoms with E-state index in [-0.39, 0.29) is 46.0 Å². The Kier molecular flexibility index (Phi) is 9.62. The number of rotatable bonds is 11. The molecule has 0 saturated heterocycles. The van der Waals surface area contributed by atoms with Crippen molar-refractivity contribution < 1.29 is 46.4 Å². The van der Waals surface area contributed by atoms with E-state index in [0.717, 1.165) is 0 Å². The van der Waals surface area contributed by atoms with Gasteiger partial charge >= 0.3 is 6.09 Å². The normalized spacial score (nSPS) is 17.5. The summed E-state index contributed by atoms with van der Waals surface area (Å²) in [5.74, 6) is 0.0731. The van der Waals surface area contributed by atoms with Crippen molar-refractivity contribution in [1.29, 1.82) is 0 Å². The number of hydrogen-bond acceptors (Lipinski definition) is 12. The summed E-state index contributed by atoms with van der Waals surface area (Å²) < 4.78 is 61.9. The summed E-state index contributed by atoms with van der Waals surface area (Å²) in [7, 11) is -6.78. The van der Waals surface area contributed by atoms with E-state index >= 15 is 0 Å². The third kappa shape index (κ3) is 6.82. The van der Waals surface area contributed by atoms with E-state index in [1.165, 1.54) is 28.4 Å². The fourth-order valence-electron chi connectivity index (χ4n) is 3.79. The van der Waals surface area contributed by atoms with Gasteiger partial charge in [0.15, 0.2) is 0 Å². The Morgan fingerprint density at radius 3 is 2.62 bits per heavy atom. The molecule has 17 heteroatoms.